The van der Waals surface area contributed by atoms with E-state index in [0.29, 0.717) is 25.2 Å². The first kappa shape index (κ1) is 17.1. The molecule has 8 heteroatoms. The van der Waals surface area contributed by atoms with Crippen LogP contribution in [-0.4, -0.2) is 45.0 Å². The van der Waals surface area contributed by atoms with Crippen LogP contribution < -0.4 is 10.5 Å². The van der Waals surface area contributed by atoms with Gasteiger partial charge in [-0.15, -0.1) is 0 Å². The predicted octanol–water partition coefficient (Wildman–Crippen LogP) is 1.77. The molecule has 0 radical (unpaired) electrons. The van der Waals surface area contributed by atoms with Crippen molar-refractivity contribution in [3.8, 4) is 5.88 Å². The second-order valence-electron chi connectivity index (χ2n) is 5.35. The molecule has 0 amide bonds. The van der Waals surface area contributed by atoms with Crippen LogP contribution in [0.4, 0.5) is 11.6 Å². The molecule has 0 bridgehead atoms. The number of aromatic nitrogens is 2. The molecule has 1 aromatic rings. The second kappa shape index (κ2) is 7.16. The van der Waals surface area contributed by atoms with E-state index in [9.17, 15) is 10.1 Å². The van der Waals surface area contributed by atoms with E-state index < -0.39 is 4.92 Å². The van der Waals surface area contributed by atoms with Crippen molar-refractivity contribution in [2.75, 3.05) is 18.9 Å². The molecule has 0 aromatic carbocycles. The van der Waals surface area contributed by atoms with E-state index in [4.69, 9.17) is 10.5 Å². The molecule has 1 rings (SSSR count). The minimum atomic E-state index is -0.549. The maximum atomic E-state index is 11.1. The normalized spacial score (nSPS) is 11.4. The molecular weight excluding hydrogens is 274 g/mol. The molecular formula is C13H23N5O3. The largest absolute Gasteiger partial charge is 0.471 e. The Morgan fingerprint density at radius 2 is 1.86 bits per heavy atom. The van der Waals surface area contributed by atoms with E-state index in [2.05, 4.69) is 42.6 Å². The monoisotopic (exact) mass is 297 g/mol. The van der Waals surface area contributed by atoms with Gasteiger partial charge in [-0.1, -0.05) is 0 Å². The molecule has 0 aliphatic carbocycles. The van der Waals surface area contributed by atoms with E-state index in [1.165, 1.54) is 6.92 Å². The van der Waals surface area contributed by atoms with Crippen molar-refractivity contribution >= 4 is 11.6 Å². The summed E-state index contributed by atoms with van der Waals surface area (Å²) in [6.07, 6.45) is 0. The fourth-order valence-electron chi connectivity index (χ4n) is 2.23. The summed E-state index contributed by atoms with van der Waals surface area (Å²) < 4.78 is 5.48. The predicted molar refractivity (Wildman–Crippen MR) is 80.3 cm³/mol. The Balaban J connectivity index is 2.82. The summed E-state index contributed by atoms with van der Waals surface area (Å²) in [6.45, 7) is 10.8. The van der Waals surface area contributed by atoms with Crippen LogP contribution in [0.25, 0.3) is 0 Å². The highest BCUT2D eigenvalue weighted by Crippen LogP contribution is 2.27. The van der Waals surface area contributed by atoms with Gasteiger partial charge in [0.1, 0.15) is 12.3 Å². The number of nitro groups is 1. The first-order chi connectivity index (χ1) is 9.73. The van der Waals surface area contributed by atoms with Crippen LogP contribution in [0.3, 0.4) is 0 Å². The Bertz CT molecular complexity index is 497. The third-order valence-electron chi connectivity index (χ3n) is 3.14. The van der Waals surface area contributed by atoms with Gasteiger partial charge < -0.3 is 10.5 Å². The zero-order valence-corrected chi connectivity index (χ0v) is 13.2. The topological polar surface area (TPSA) is 107 Å². The van der Waals surface area contributed by atoms with Crippen LogP contribution in [-0.2, 0) is 0 Å². The molecule has 2 N–H and O–H groups in total. The van der Waals surface area contributed by atoms with Gasteiger partial charge in [-0.25, -0.2) is 4.98 Å². The minimum absolute atomic E-state index is 0.0299. The number of hydrogen-bond acceptors (Lipinski definition) is 7. The number of nitrogens with two attached hydrogens (primary N) is 1. The van der Waals surface area contributed by atoms with Crippen molar-refractivity contribution in [2.45, 2.75) is 46.7 Å². The van der Waals surface area contributed by atoms with Gasteiger partial charge >= 0.3 is 5.69 Å². The molecule has 0 atom stereocenters. The molecule has 0 unspecified atom stereocenters. The Hall–Kier alpha value is -1.96. The maximum Gasteiger partial charge on any atom is 0.352 e. The fourth-order valence-corrected chi connectivity index (χ4v) is 2.23. The van der Waals surface area contributed by atoms with E-state index >= 15 is 0 Å². The summed E-state index contributed by atoms with van der Waals surface area (Å²) in [5.41, 5.74) is 5.49. The smallest absolute Gasteiger partial charge is 0.352 e. The average molecular weight is 297 g/mol. The lowest BCUT2D eigenvalue weighted by molar-refractivity contribution is -0.387. The van der Waals surface area contributed by atoms with Crippen LogP contribution in [0.5, 0.6) is 5.88 Å². The molecule has 0 fully saturated rings. The van der Waals surface area contributed by atoms with E-state index in [1.807, 2.05) is 0 Å². The molecule has 21 heavy (non-hydrogen) atoms. The molecule has 0 saturated carbocycles. The number of nitrogen functional groups attached to an aromatic ring is 1. The van der Waals surface area contributed by atoms with Crippen LogP contribution in [0.2, 0.25) is 0 Å². The second-order valence-corrected chi connectivity index (χ2v) is 5.35. The summed E-state index contributed by atoms with van der Waals surface area (Å²) in [4.78, 5) is 20.4. The summed E-state index contributed by atoms with van der Waals surface area (Å²) in [5, 5.41) is 11.1. The SMILES string of the molecule is Cc1nc(N)nc(OCCN(C(C)C)C(C)C)c1[N+](=O)[O-]. The molecule has 1 aromatic heterocycles. The van der Waals surface area contributed by atoms with Crippen molar-refractivity contribution in [1.29, 1.82) is 0 Å². The molecule has 0 spiro atoms. The summed E-state index contributed by atoms with van der Waals surface area (Å²) in [6, 6.07) is 0.724. The Morgan fingerprint density at radius 3 is 2.33 bits per heavy atom. The number of hydrogen-bond donors (Lipinski definition) is 1. The van der Waals surface area contributed by atoms with Gasteiger partial charge in [0.2, 0.25) is 5.95 Å². The van der Waals surface area contributed by atoms with Crippen molar-refractivity contribution in [3.63, 3.8) is 0 Å². The molecule has 0 aliphatic rings. The highest BCUT2D eigenvalue weighted by atomic mass is 16.6. The molecule has 118 valence electrons. The highest BCUT2D eigenvalue weighted by Gasteiger charge is 2.23. The van der Waals surface area contributed by atoms with Crippen LogP contribution in [0, 0.1) is 17.0 Å². The van der Waals surface area contributed by atoms with E-state index in [1.54, 1.807) is 0 Å². The quantitative estimate of drug-likeness (QED) is 0.603. The summed E-state index contributed by atoms with van der Waals surface area (Å²) in [5.74, 6) is -0.102. The minimum Gasteiger partial charge on any atom is -0.471 e. The van der Waals surface area contributed by atoms with Gasteiger partial charge in [0.05, 0.1) is 4.92 Å². The lowest BCUT2D eigenvalue weighted by atomic mass is 10.2. The van der Waals surface area contributed by atoms with Crippen LogP contribution >= 0.6 is 0 Å². The average Bonchev–Trinajstić information content (AvgIpc) is 2.31. The van der Waals surface area contributed by atoms with Gasteiger partial charge in [0.25, 0.3) is 5.88 Å². The van der Waals surface area contributed by atoms with Crippen molar-refractivity contribution in [1.82, 2.24) is 14.9 Å². The number of aryl methyl sites for hydroxylation is 1. The van der Waals surface area contributed by atoms with Gasteiger partial charge in [-0.2, -0.15) is 4.98 Å². The Labute approximate surface area is 124 Å². The molecule has 8 nitrogen and oxygen atoms in total. The third kappa shape index (κ3) is 4.52. The first-order valence-corrected chi connectivity index (χ1v) is 6.91. The van der Waals surface area contributed by atoms with Crippen LogP contribution in [0.1, 0.15) is 33.4 Å². The summed E-state index contributed by atoms with van der Waals surface area (Å²) >= 11 is 0. The lowest BCUT2D eigenvalue weighted by Crippen LogP contribution is -2.39. The van der Waals surface area contributed by atoms with Crippen molar-refractivity contribution in [2.24, 2.45) is 0 Å². The lowest BCUT2D eigenvalue weighted by Gasteiger charge is -2.30. The fraction of sp³-hybridized carbons (Fsp3) is 0.692. The first-order valence-electron chi connectivity index (χ1n) is 6.91. The van der Waals surface area contributed by atoms with Gasteiger partial charge in [0.15, 0.2) is 0 Å². The third-order valence-corrected chi connectivity index (χ3v) is 3.14. The van der Waals surface area contributed by atoms with Gasteiger partial charge in [0, 0.05) is 18.6 Å². The standard InChI is InChI=1S/C13H23N5O3/c1-8(2)17(9(3)4)6-7-21-12-11(18(19)20)10(5)15-13(14)16-12/h8-9H,6-7H2,1-5H3,(H2,14,15,16). The van der Waals surface area contributed by atoms with E-state index in [-0.39, 0.29) is 23.2 Å². The zero-order chi connectivity index (χ0) is 16.2. The molecule has 1 heterocycles. The Kier molecular flexibility index (Phi) is 5.83. The van der Waals surface area contributed by atoms with Gasteiger partial charge in [-0.05, 0) is 34.6 Å². The molecule has 0 aliphatic heterocycles. The van der Waals surface area contributed by atoms with Crippen molar-refractivity contribution in [3.05, 3.63) is 15.8 Å². The molecule has 0 saturated heterocycles. The van der Waals surface area contributed by atoms with Crippen molar-refractivity contribution < 1.29 is 9.66 Å². The summed E-state index contributed by atoms with van der Waals surface area (Å²) in [7, 11) is 0. The zero-order valence-electron chi connectivity index (χ0n) is 13.2. The number of ether oxygens (including phenoxy) is 1. The Morgan fingerprint density at radius 1 is 1.29 bits per heavy atom. The number of nitrogens with zero attached hydrogens (tertiary/aromatic N) is 4. The number of anilines is 1. The van der Waals surface area contributed by atoms with Crippen LogP contribution in [0.15, 0.2) is 0 Å². The maximum absolute atomic E-state index is 11.1. The van der Waals surface area contributed by atoms with Gasteiger partial charge in [-0.3, -0.25) is 15.0 Å². The number of rotatable bonds is 7. The van der Waals surface area contributed by atoms with E-state index in [0.717, 1.165) is 0 Å². The highest BCUT2D eigenvalue weighted by molar-refractivity contribution is 5.47.